The van der Waals surface area contributed by atoms with Crippen molar-refractivity contribution in [1.29, 1.82) is 0 Å². The standard InChI is InChI=1S/C22H20FN3O3S/c23-17-8-6-15(7-9-17)14-29-18-4-1-3-16(13-18)21(28)26-11-2-5-19(26)20(27)25-22-24-10-12-30-22/h1,3-4,6-10,12-13,19H,2,5,11,14H2,(H,24,25,27). The van der Waals surface area contributed by atoms with E-state index in [1.54, 1.807) is 52.9 Å². The summed E-state index contributed by atoms with van der Waals surface area (Å²) >= 11 is 1.34. The molecular weight excluding hydrogens is 405 g/mol. The molecule has 8 heteroatoms. The number of aromatic nitrogens is 1. The Morgan fingerprint density at radius 2 is 2.07 bits per heavy atom. The van der Waals surface area contributed by atoms with Gasteiger partial charge in [0.05, 0.1) is 0 Å². The lowest BCUT2D eigenvalue weighted by molar-refractivity contribution is -0.119. The molecule has 0 spiro atoms. The first-order chi connectivity index (χ1) is 14.6. The quantitative estimate of drug-likeness (QED) is 0.645. The number of nitrogens with zero attached hydrogens (tertiary/aromatic N) is 2. The number of rotatable bonds is 6. The van der Waals surface area contributed by atoms with Crippen LogP contribution in [0.2, 0.25) is 0 Å². The van der Waals surface area contributed by atoms with Crippen LogP contribution in [-0.2, 0) is 11.4 Å². The van der Waals surface area contributed by atoms with E-state index in [1.807, 2.05) is 0 Å². The maximum atomic E-state index is 13.1. The van der Waals surface area contributed by atoms with Gasteiger partial charge in [-0.25, -0.2) is 9.37 Å². The number of hydrogen-bond donors (Lipinski definition) is 1. The fourth-order valence-electron chi connectivity index (χ4n) is 3.39. The molecule has 1 aromatic heterocycles. The zero-order valence-electron chi connectivity index (χ0n) is 16.1. The number of thiazole rings is 1. The number of amides is 2. The molecular formula is C22H20FN3O3S. The van der Waals surface area contributed by atoms with Crippen molar-refractivity contribution in [3.63, 3.8) is 0 Å². The van der Waals surface area contributed by atoms with E-state index in [0.29, 0.717) is 29.4 Å². The molecule has 1 aliphatic heterocycles. The van der Waals surface area contributed by atoms with Gasteiger partial charge in [0.15, 0.2) is 5.13 Å². The Balaban J connectivity index is 1.42. The van der Waals surface area contributed by atoms with Gasteiger partial charge in [0.1, 0.15) is 24.2 Å². The van der Waals surface area contributed by atoms with Crippen molar-refractivity contribution in [3.05, 3.63) is 77.1 Å². The van der Waals surface area contributed by atoms with Gasteiger partial charge in [-0.15, -0.1) is 11.3 Å². The summed E-state index contributed by atoms with van der Waals surface area (Å²) in [5, 5.41) is 5.08. The van der Waals surface area contributed by atoms with Gasteiger partial charge >= 0.3 is 0 Å². The molecule has 2 aromatic carbocycles. The molecule has 6 nitrogen and oxygen atoms in total. The Morgan fingerprint density at radius 1 is 1.23 bits per heavy atom. The molecule has 154 valence electrons. The van der Waals surface area contributed by atoms with E-state index in [1.165, 1.54) is 23.5 Å². The van der Waals surface area contributed by atoms with E-state index in [2.05, 4.69) is 10.3 Å². The van der Waals surface area contributed by atoms with Gasteiger partial charge in [-0.2, -0.15) is 0 Å². The van der Waals surface area contributed by atoms with E-state index in [0.717, 1.165) is 12.0 Å². The lowest BCUT2D eigenvalue weighted by Crippen LogP contribution is -2.43. The minimum Gasteiger partial charge on any atom is -0.489 e. The van der Waals surface area contributed by atoms with E-state index in [-0.39, 0.29) is 24.2 Å². The van der Waals surface area contributed by atoms with E-state index in [9.17, 15) is 14.0 Å². The summed E-state index contributed by atoms with van der Waals surface area (Å²) < 4.78 is 18.8. The molecule has 1 unspecified atom stereocenters. The van der Waals surface area contributed by atoms with Gasteiger partial charge in [-0.05, 0) is 48.7 Å². The Morgan fingerprint density at radius 3 is 2.83 bits per heavy atom. The minimum atomic E-state index is -0.523. The van der Waals surface area contributed by atoms with Crippen molar-refractivity contribution >= 4 is 28.3 Å². The van der Waals surface area contributed by atoms with E-state index < -0.39 is 6.04 Å². The molecule has 1 fully saturated rings. The maximum absolute atomic E-state index is 13.1. The molecule has 0 aliphatic carbocycles. The highest BCUT2D eigenvalue weighted by atomic mass is 32.1. The summed E-state index contributed by atoms with van der Waals surface area (Å²) in [5.41, 5.74) is 1.28. The number of ether oxygens (including phenoxy) is 1. The molecule has 4 rings (SSSR count). The molecule has 1 aliphatic rings. The molecule has 0 radical (unpaired) electrons. The first-order valence-electron chi connectivity index (χ1n) is 9.59. The lowest BCUT2D eigenvalue weighted by Gasteiger charge is -2.23. The van der Waals surface area contributed by atoms with Crippen LogP contribution < -0.4 is 10.1 Å². The zero-order chi connectivity index (χ0) is 20.9. The van der Waals surface area contributed by atoms with E-state index in [4.69, 9.17) is 4.74 Å². The second kappa shape index (κ2) is 9.04. The number of nitrogens with one attached hydrogen (secondary N) is 1. The van der Waals surface area contributed by atoms with Crippen molar-refractivity contribution in [2.45, 2.75) is 25.5 Å². The van der Waals surface area contributed by atoms with Gasteiger partial charge in [-0.3, -0.25) is 9.59 Å². The van der Waals surface area contributed by atoms with Gasteiger partial charge in [-0.1, -0.05) is 18.2 Å². The Kier molecular flexibility index (Phi) is 6.04. The molecule has 0 bridgehead atoms. The van der Waals surface area contributed by atoms with Crippen LogP contribution >= 0.6 is 11.3 Å². The average molecular weight is 425 g/mol. The number of halogens is 1. The second-order valence-electron chi connectivity index (χ2n) is 6.93. The van der Waals surface area contributed by atoms with Crippen LogP contribution in [0.15, 0.2) is 60.1 Å². The first-order valence-corrected chi connectivity index (χ1v) is 10.5. The lowest BCUT2D eigenvalue weighted by atomic mass is 10.1. The largest absolute Gasteiger partial charge is 0.489 e. The van der Waals surface area contributed by atoms with Gasteiger partial charge < -0.3 is 15.0 Å². The van der Waals surface area contributed by atoms with Crippen molar-refractivity contribution < 1.29 is 18.7 Å². The second-order valence-corrected chi connectivity index (χ2v) is 7.82. The summed E-state index contributed by atoms with van der Waals surface area (Å²) in [6, 6.07) is 12.4. The van der Waals surface area contributed by atoms with Crippen LogP contribution in [-0.4, -0.2) is 34.3 Å². The molecule has 30 heavy (non-hydrogen) atoms. The highest BCUT2D eigenvalue weighted by Gasteiger charge is 2.34. The molecule has 3 aromatic rings. The number of benzene rings is 2. The van der Waals surface area contributed by atoms with Gasteiger partial charge in [0, 0.05) is 23.7 Å². The van der Waals surface area contributed by atoms with Crippen molar-refractivity contribution in [2.24, 2.45) is 0 Å². The average Bonchev–Trinajstić information content (AvgIpc) is 3.45. The number of hydrogen-bond acceptors (Lipinski definition) is 5. The molecule has 1 N–H and O–H groups in total. The number of carbonyl (C=O) groups excluding carboxylic acids is 2. The van der Waals surface area contributed by atoms with Crippen LogP contribution in [0.25, 0.3) is 0 Å². The molecule has 2 heterocycles. The molecule has 2 amide bonds. The fourth-order valence-corrected chi connectivity index (χ4v) is 3.92. The van der Waals surface area contributed by atoms with Crippen LogP contribution in [0.1, 0.15) is 28.8 Å². The third-order valence-electron chi connectivity index (χ3n) is 4.88. The third kappa shape index (κ3) is 4.65. The van der Waals surface area contributed by atoms with Crippen molar-refractivity contribution in [3.8, 4) is 5.75 Å². The van der Waals surface area contributed by atoms with Crippen LogP contribution in [0.5, 0.6) is 5.75 Å². The Bertz CT molecular complexity index is 1020. The molecule has 1 saturated heterocycles. The number of anilines is 1. The van der Waals surface area contributed by atoms with Crippen molar-refractivity contribution in [2.75, 3.05) is 11.9 Å². The first kappa shape index (κ1) is 20.0. The topological polar surface area (TPSA) is 71.5 Å². The summed E-state index contributed by atoms with van der Waals surface area (Å²) in [6.45, 7) is 0.788. The highest BCUT2D eigenvalue weighted by molar-refractivity contribution is 7.13. The van der Waals surface area contributed by atoms with E-state index >= 15 is 0 Å². The smallest absolute Gasteiger partial charge is 0.254 e. The predicted octanol–water partition coefficient (Wildman–Crippen LogP) is 4.10. The fraction of sp³-hybridized carbons (Fsp3) is 0.227. The van der Waals surface area contributed by atoms with Gasteiger partial charge in [0.2, 0.25) is 5.91 Å². The summed E-state index contributed by atoms with van der Waals surface area (Å²) in [4.78, 5) is 31.3. The Labute approximate surface area is 177 Å². The van der Waals surface area contributed by atoms with Crippen LogP contribution in [0.4, 0.5) is 9.52 Å². The van der Waals surface area contributed by atoms with Crippen LogP contribution in [0, 0.1) is 5.82 Å². The number of likely N-dealkylation sites (tertiary alicyclic amines) is 1. The summed E-state index contributed by atoms with van der Waals surface area (Å²) in [7, 11) is 0. The van der Waals surface area contributed by atoms with Crippen molar-refractivity contribution in [1.82, 2.24) is 9.88 Å². The van der Waals surface area contributed by atoms with Gasteiger partial charge in [0.25, 0.3) is 5.91 Å². The molecule has 1 atom stereocenters. The highest BCUT2D eigenvalue weighted by Crippen LogP contribution is 2.24. The molecule has 0 saturated carbocycles. The monoisotopic (exact) mass is 425 g/mol. The normalized spacial score (nSPS) is 15.8. The predicted molar refractivity (Wildman–Crippen MR) is 112 cm³/mol. The summed E-state index contributed by atoms with van der Waals surface area (Å²) in [6.07, 6.45) is 3.00. The maximum Gasteiger partial charge on any atom is 0.254 e. The number of carbonyl (C=O) groups is 2. The van der Waals surface area contributed by atoms with Crippen LogP contribution in [0.3, 0.4) is 0 Å². The zero-order valence-corrected chi connectivity index (χ0v) is 16.9. The Hall–Kier alpha value is -3.26. The third-order valence-corrected chi connectivity index (χ3v) is 5.57. The summed E-state index contributed by atoms with van der Waals surface area (Å²) in [5.74, 6) is -0.197. The minimum absolute atomic E-state index is 0.209. The SMILES string of the molecule is O=C(Nc1nccs1)C1CCCN1C(=O)c1cccc(OCc2ccc(F)cc2)c1.